The molecule has 0 saturated carbocycles. The van der Waals surface area contributed by atoms with Crippen molar-refractivity contribution in [1.29, 1.82) is 0 Å². The minimum absolute atomic E-state index is 0.138. The molecule has 2 rings (SSSR count). The van der Waals surface area contributed by atoms with Crippen molar-refractivity contribution in [3.05, 3.63) is 46.2 Å². The van der Waals surface area contributed by atoms with Crippen LogP contribution in [0.15, 0.2) is 34.7 Å². The Hall–Kier alpha value is -1.35. The summed E-state index contributed by atoms with van der Waals surface area (Å²) >= 11 is 1.33. The van der Waals surface area contributed by atoms with Gasteiger partial charge in [0.25, 0.3) is 0 Å². The van der Waals surface area contributed by atoms with Gasteiger partial charge >= 0.3 is 0 Å². The normalized spacial score (nSPS) is 12.6. The quantitative estimate of drug-likeness (QED) is 0.878. The topological polar surface area (TPSA) is 85.1 Å². The molecule has 1 aromatic carbocycles. The Morgan fingerprint density at radius 3 is 2.71 bits per heavy atom. The van der Waals surface area contributed by atoms with Crippen LogP contribution in [0, 0.1) is 5.82 Å². The number of nitrogens with zero attached hydrogens (tertiary/aromatic N) is 1. The first-order valence-electron chi connectivity index (χ1n) is 6.19. The molecule has 0 atom stereocenters. The Labute approximate surface area is 127 Å². The Bertz CT molecular complexity index is 728. The highest BCUT2D eigenvalue weighted by Crippen LogP contribution is 2.26. The van der Waals surface area contributed by atoms with Crippen molar-refractivity contribution in [2.24, 2.45) is 5.73 Å². The highest BCUT2D eigenvalue weighted by molar-refractivity contribution is 7.89. The molecule has 114 valence electrons. The van der Waals surface area contributed by atoms with Gasteiger partial charge < -0.3 is 5.73 Å². The molecule has 0 fully saturated rings. The van der Waals surface area contributed by atoms with Gasteiger partial charge in [0.05, 0.1) is 5.54 Å². The van der Waals surface area contributed by atoms with Crippen molar-refractivity contribution in [2.45, 2.75) is 30.8 Å². The van der Waals surface area contributed by atoms with Gasteiger partial charge in [0.15, 0.2) is 0 Å². The predicted molar refractivity (Wildman–Crippen MR) is 79.8 cm³/mol. The van der Waals surface area contributed by atoms with Crippen molar-refractivity contribution < 1.29 is 12.8 Å². The highest BCUT2D eigenvalue weighted by Gasteiger charge is 2.31. The van der Waals surface area contributed by atoms with E-state index in [1.54, 1.807) is 25.4 Å². The van der Waals surface area contributed by atoms with Crippen LogP contribution in [0.4, 0.5) is 4.39 Å². The third-order valence-electron chi connectivity index (χ3n) is 2.88. The minimum atomic E-state index is -4.02. The Balaban J connectivity index is 2.39. The average molecular weight is 329 g/mol. The molecule has 5 nitrogen and oxygen atoms in total. The molecule has 0 spiro atoms. The van der Waals surface area contributed by atoms with Crippen LogP contribution in [0.2, 0.25) is 0 Å². The van der Waals surface area contributed by atoms with Crippen LogP contribution in [-0.2, 0) is 22.1 Å². The molecule has 1 aromatic heterocycles. The highest BCUT2D eigenvalue weighted by atomic mass is 32.2. The average Bonchev–Trinajstić information content (AvgIpc) is 2.92. The molecule has 1 heterocycles. The van der Waals surface area contributed by atoms with Crippen molar-refractivity contribution >= 4 is 21.4 Å². The van der Waals surface area contributed by atoms with Crippen molar-refractivity contribution in [3.63, 3.8) is 0 Å². The number of aromatic nitrogens is 1. The van der Waals surface area contributed by atoms with Gasteiger partial charge in [0, 0.05) is 18.1 Å². The molecule has 0 aliphatic rings. The lowest BCUT2D eigenvalue weighted by molar-refractivity contribution is 0.466. The van der Waals surface area contributed by atoms with E-state index in [0.29, 0.717) is 10.6 Å². The molecular weight excluding hydrogens is 313 g/mol. The second kappa shape index (κ2) is 5.80. The van der Waals surface area contributed by atoms with Crippen LogP contribution in [-0.4, -0.2) is 13.4 Å². The van der Waals surface area contributed by atoms with Gasteiger partial charge in [0.1, 0.15) is 15.7 Å². The fourth-order valence-corrected chi connectivity index (χ4v) is 4.14. The molecule has 0 aliphatic carbocycles. The second-order valence-electron chi connectivity index (χ2n) is 5.04. The molecule has 0 amide bonds. The van der Waals surface area contributed by atoms with E-state index in [-0.39, 0.29) is 6.54 Å². The number of halogens is 1. The molecule has 0 saturated heterocycles. The van der Waals surface area contributed by atoms with Gasteiger partial charge in [-0.15, -0.1) is 11.3 Å². The third kappa shape index (κ3) is 3.46. The zero-order valence-corrected chi connectivity index (χ0v) is 13.3. The number of rotatable bonds is 5. The maximum absolute atomic E-state index is 13.8. The number of hydrogen-bond donors (Lipinski definition) is 2. The molecule has 0 aliphatic heterocycles. The summed E-state index contributed by atoms with van der Waals surface area (Å²) < 4.78 is 41.2. The largest absolute Gasteiger partial charge is 0.326 e. The maximum atomic E-state index is 13.8. The van der Waals surface area contributed by atoms with Crippen LogP contribution in [0.5, 0.6) is 0 Å². The first-order valence-corrected chi connectivity index (χ1v) is 8.55. The van der Waals surface area contributed by atoms with Crippen LogP contribution >= 0.6 is 11.3 Å². The lowest BCUT2D eigenvalue weighted by Gasteiger charge is -2.23. The van der Waals surface area contributed by atoms with Gasteiger partial charge in [-0.2, -0.15) is 4.72 Å². The number of sulfonamides is 1. The summed E-state index contributed by atoms with van der Waals surface area (Å²) in [5, 5.41) is 2.35. The van der Waals surface area contributed by atoms with Gasteiger partial charge in [-0.05, 0) is 31.5 Å². The maximum Gasteiger partial charge on any atom is 0.244 e. The van der Waals surface area contributed by atoms with E-state index in [4.69, 9.17) is 5.73 Å². The molecule has 3 N–H and O–H groups in total. The summed E-state index contributed by atoms with van der Waals surface area (Å²) in [6.07, 6.45) is 1.59. The van der Waals surface area contributed by atoms with Gasteiger partial charge in [-0.25, -0.2) is 17.8 Å². The number of nitrogens with one attached hydrogen (secondary N) is 1. The van der Waals surface area contributed by atoms with E-state index < -0.39 is 26.3 Å². The summed E-state index contributed by atoms with van der Waals surface area (Å²) in [5.41, 5.74) is 5.08. The first kappa shape index (κ1) is 16.0. The van der Waals surface area contributed by atoms with E-state index in [1.165, 1.54) is 23.5 Å². The first-order chi connectivity index (χ1) is 9.76. The summed E-state index contributed by atoms with van der Waals surface area (Å²) in [6, 6.07) is 3.81. The van der Waals surface area contributed by atoms with E-state index in [1.807, 2.05) is 0 Å². The molecule has 0 radical (unpaired) electrons. The molecule has 0 bridgehead atoms. The zero-order chi connectivity index (χ0) is 15.7. The lowest BCUT2D eigenvalue weighted by atomic mass is 10.1. The Kier molecular flexibility index (Phi) is 4.43. The lowest BCUT2D eigenvalue weighted by Crippen LogP contribution is -2.41. The third-order valence-corrected chi connectivity index (χ3v) is 5.65. The van der Waals surface area contributed by atoms with E-state index in [9.17, 15) is 12.8 Å². The molecule has 21 heavy (non-hydrogen) atoms. The molecular formula is C13H16FN3O2S2. The molecule has 0 unspecified atom stereocenters. The fraction of sp³-hybridized carbons (Fsp3) is 0.308. The van der Waals surface area contributed by atoms with Gasteiger partial charge in [-0.3, -0.25) is 0 Å². The van der Waals surface area contributed by atoms with Crippen LogP contribution in [0.1, 0.15) is 24.4 Å². The van der Waals surface area contributed by atoms with E-state index in [2.05, 4.69) is 9.71 Å². The number of nitrogens with two attached hydrogens (primary N) is 1. The smallest absolute Gasteiger partial charge is 0.244 e. The summed E-state index contributed by atoms with van der Waals surface area (Å²) in [7, 11) is -4.02. The number of thiazole rings is 1. The van der Waals surface area contributed by atoms with Crippen molar-refractivity contribution in [2.75, 3.05) is 0 Å². The zero-order valence-electron chi connectivity index (χ0n) is 11.6. The second-order valence-corrected chi connectivity index (χ2v) is 7.58. The minimum Gasteiger partial charge on any atom is -0.326 e. The Morgan fingerprint density at radius 2 is 2.14 bits per heavy atom. The predicted octanol–water partition coefficient (Wildman–Crippen LogP) is 1.95. The fourth-order valence-electron chi connectivity index (χ4n) is 1.85. The van der Waals surface area contributed by atoms with Gasteiger partial charge in [-0.1, -0.05) is 6.07 Å². The van der Waals surface area contributed by atoms with Crippen LogP contribution in [0.25, 0.3) is 0 Å². The molecule has 2 aromatic rings. The van der Waals surface area contributed by atoms with Gasteiger partial charge in [0.2, 0.25) is 10.0 Å². The standard InChI is InChI=1S/C13H16FN3O2S2/c1-13(2,12-16-5-6-20-12)17-21(18,19)11-7-9(8-15)3-4-10(11)14/h3-7,17H,8,15H2,1-2H3. The SMILES string of the molecule is CC(C)(NS(=O)(=O)c1cc(CN)ccc1F)c1nccs1. The van der Waals surface area contributed by atoms with E-state index >= 15 is 0 Å². The number of benzene rings is 1. The summed E-state index contributed by atoms with van der Waals surface area (Å²) in [4.78, 5) is 3.69. The van der Waals surface area contributed by atoms with Crippen molar-refractivity contribution in [1.82, 2.24) is 9.71 Å². The Morgan fingerprint density at radius 1 is 1.43 bits per heavy atom. The summed E-state index contributed by atoms with van der Waals surface area (Å²) in [5.74, 6) is -0.811. The van der Waals surface area contributed by atoms with Crippen LogP contribution < -0.4 is 10.5 Å². The number of hydrogen-bond acceptors (Lipinski definition) is 5. The van der Waals surface area contributed by atoms with Crippen molar-refractivity contribution in [3.8, 4) is 0 Å². The summed E-state index contributed by atoms with van der Waals surface area (Å²) in [6.45, 7) is 3.49. The molecule has 8 heteroatoms. The van der Waals surface area contributed by atoms with Crippen LogP contribution in [0.3, 0.4) is 0 Å². The monoisotopic (exact) mass is 329 g/mol. The van der Waals surface area contributed by atoms with E-state index in [0.717, 1.165) is 6.07 Å².